The van der Waals surface area contributed by atoms with Crippen molar-refractivity contribution in [2.75, 3.05) is 39.4 Å². The molecule has 4 aliphatic carbocycles. The number of hydrogen-bond donors (Lipinski definition) is 14. The number of aliphatic hydroxyl groups excluding tert-OH is 12. The summed E-state index contributed by atoms with van der Waals surface area (Å²) in [6, 6.07) is 0. The van der Waals surface area contributed by atoms with Crippen molar-refractivity contribution in [1.29, 1.82) is 0 Å². The van der Waals surface area contributed by atoms with E-state index in [4.69, 9.17) is 10.2 Å². The average Bonchev–Trinajstić information content (AvgIpc) is 3.61. The molecule has 4 fully saturated rings. The van der Waals surface area contributed by atoms with E-state index in [1.54, 1.807) is 4.90 Å². The van der Waals surface area contributed by atoms with Crippen LogP contribution < -0.4 is 10.6 Å². The summed E-state index contributed by atoms with van der Waals surface area (Å²) < 4.78 is 0. The molecule has 18 heteroatoms. The summed E-state index contributed by atoms with van der Waals surface area (Å²) in [6.45, 7) is 5.15. The quantitative estimate of drug-likeness (QED) is 0.0486. The van der Waals surface area contributed by atoms with Crippen LogP contribution in [0.1, 0.15) is 97.8 Å². The third kappa shape index (κ3) is 11.2. The lowest BCUT2D eigenvalue weighted by Crippen LogP contribution is -2.58. The molecule has 0 unspecified atom stereocenters. The van der Waals surface area contributed by atoms with Crippen LogP contribution >= 0.6 is 0 Å². The van der Waals surface area contributed by atoms with Crippen LogP contribution in [0.4, 0.5) is 0 Å². The summed E-state index contributed by atoms with van der Waals surface area (Å²) in [5.74, 6) is -0.145. The standard InChI is InChI=1S/C42H75N3O15/c1-22(26-9-10-27-25-8-7-23-18-24(48)12-13-41(23,2)28(25)19-31(51)42(26,27)3)6-11-32(52)45(16-4-14-43-39(59)37(57)35(55)33(53)29(49)20-46)17-5-15-44-40(60)38(58)36(56)34(54)30(50)21-47/h22-31,33-38,46-51,53-58H,4-21H2,1-3H3,(H,43,59)(H,44,60)/t22-,23+,24-,25+,26+,27-,28+,29-,30-,31+,33-,34-,35+,36+,37-,38-,41+,42-/m1/s1. The molecule has 0 aromatic carbocycles. The predicted octanol–water partition coefficient (Wildman–Crippen LogP) is -2.89. The molecule has 0 aromatic heterocycles. The highest BCUT2D eigenvalue weighted by atomic mass is 16.4. The molecule has 3 amide bonds. The van der Waals surface area contributed by atoms with Gasteiger partial charge in [0.25, 0.3) is 11.8 Å². The minimum atomic E-state index is -2.11. The molecular formula is C42H75N3O15. The summed E-state index contributed by atoms with van der Waals surface area (Å²) in [6.07, 6.45) is -7.85. The lowest BCUT2D eigenvalue weighted by atomic mass is 9.43. The molecule has 0 radical (unpaired) electrons. The molecule has 348 valence electrons. The van der Waals surface area contributed by atoms with Gasteiger partial charge in [-0.3, -0.25) is 14.4 Å². The van der Waals surface area contributed by atoms with Crippen LogP contribution in [0.2, 0.25) is 0 Å². The highest BCUT2D eigenvalue weighted by molar-refractivity contribution is 5.81. The van der Waals surface area contributed by atoms with Gasteiger partial charge in [0, 0.05) is 32.6 Å². The van der Waals surface area contributed by atoms with Gasteiger partial charge in [-0.15, -0.1) is 0 Å². The van der Waals surface area contributed by atoms with E-state index in [-0.39, 0.29) is 80.1 Å². The number of aliphatic hydroxyl groups is 12. The third-order valence-corrected chi connectivity index (χ3v) is 15.5. The van der Waals surface area contributed by atoms with Crippen LogP contribution in [0.5, 0.6) is 0 Å². The Morgan fingerprint density at radius 3 is 1.75 bits per heavy atom. The van der Waals surface area contributed by atoms with E-state index in [0.29, 0.717) is 30.1 Å². The van der Waals surface area contributed by atoms with E-state index in [2.05, 4.69) is 31.4 Å². The molecule has 0 aliphatic heterocycles. The Balaban J connectivity index is 1.35. The van der Waals surface area contributed by atoms with Crippen molar-refractivity contribution < 1.29 is 75.7 Å². The van der Waals surface area contributed by atoms with Crippen LogP contribution in [-0.4, -0.2) is 184 Å². The number of hydrogen-bond acceptors (Lipinski definition) is 15. The molecule has 18 nitrogen and oxygen atoms in total. The van der Waals surface area contributed by atoms with Crippen LogP contribution in [0.25, 0.3) is 0 Å². The first kappa shape index (κ1) is 50.6. The number of carbonyl (C=O) groups is 3. The Morgan fingerprint density at radius 1 is 0.700 bits per heavy atom. The minimum absolute atomic E-state index is 0.0491. The van der Waals surface area contributed by atoms with E-state index in [9.17, 15) is 65.4 Å². The molecule has 4 saturated carbocycles. The smallest absolute Gasteiger partial charge is 0.251 e. The zero-order valence-electron chi connectivity index (χ0n) is 35.5. The molecule has 60 heavy (non-hydrogen) atoms. The molecule has 0 saturated heterocycles. The maximum absolute atomic E-state index is 13.8. The summed E-state index contributed by atoms with van der Waals surface area (Å²) in [4.78, 5) is 40.3. The Morgan fingerprint density at radius 2 is 1.23 bits per heavy atom. The molecule has 0 spiro atoms. The summed E-state index contributed by atoms with van der Waals surface area (Å²) in [5, 5.41) is 124. The van der Waals surface area contributed by atoms with Gasteiger partial charge in [0.05, 0.1) is 25.4 Å². The van der Waals surface area contributed by atoms with Gasteiger partial charge in [0.2, 0.25) is 5.91 Å². The van der Waals surface area contributed by atoms with E-state index in [1.807, 2.05) is 0 Å². The molecule has 4 aliphatic rings. The van der Waals surface area contributed by atoms with Crippen molar-refractivity contribution in [3.05, 3.63) is 0 Å². The van der Waals surface area contributed by atoms with E-state index in [0.717, 1.165) is 51.4 Å². The maximum atomic E-state index is 13.8. The highest BCUT2D eigenvalue weighted by Crippen LogP contribution is 2.68. The van der Waals surface area contributed by atoms with Crippen molar-refractivity contribution in [3.63, 3.8) is 0 Å². The van der Waals surface area contributed by atoms with Crippen molar-refractivity contribution in [3.8, 4) is 0 Å². The zero-order chi connectivity index (χ0) is 44.7. The Bertz CT molecular complexity index is 1350. The van der Waals surface area contributed by atoms with Gasteiger partial charge in [0.15, 0.2) is 12.2 Å². The van der Waals surface area contributed by atoms with Gasteiger partial charge < -0.3 is 76.8 Å². The monoisotopic (exact) mass is 862 g/mol. The van der Waals surface area contributed by atoms with Crippen molar-refractivity contribution in [2.24, 2.45) is 46.3 Å². The second kappa shape index (κ2) is 22.0. The fourth-order valence-corrected chi connectivity index (χ4v) is 11.8. The molecule has 18 atom stereocenters. The largest absolute Gasteiger partial charge is 0.394 e. The van der Waals surface area contributed by atoms with E-state index >= 15 is 0 Å². The van der Waals surface area contributed by atoms with Crippen LogP contribution in [-0.2, 0) is 14.4 Å². The van der Waals surface area contributed by atoms with E-state index < -0.39 is 80.0 Å². The van der Waals surface area contributed by atoms with Crippen molar-refractivity contribution >= 4 is 17.7 Å². The zero-order valence-corrected chi connectivity index (χ0v) is 35.5. The number of rotatable bonds is 22. The van der Waals surface area contributed by atoms with Crippen LogP contribution in [0, 0.1) is 46.3 Å². The highest BCUT2D eigenvalue weighted by Gasteiger charge is 2.63. The lowest BCUT2D eigenvalue weighted by Gasteiger charge is -2.62. The second-order valence-corrected chi connectivity index (χ2v) is 18.9. The summed E-state index contributed by atoms with van der Waals surface area (Å²) in [5.41, 5.74) is -0.164. The van der Waals surface area contributed by atoms with Gasteiger partial charge in [-0.25, -0.2) is 0 Å². The average molecular weight is 862 g/mol. The lowest BCUT2D eigenvalue weighted by molar-refractivity contribution is -0.175. The number of carbonyl (C=O) groups excluding carboxylic acids is 3. The van der Waals surface area contributed by atoms with Gasteiger partial charge in [-0.05, 0) is 117 Å². The third-order valence-electron chi connectivity index (χ3n) is 15.5. The van der Waals surface area contributed by atoms with Crippen molar-refractivity contribution in [2.45, 2.75) is 159 Å². The van der Waals surface area contributed by atoms with Gasteiger partial charge in [-0.1, -0.05) is 20.8 Å². The molecule has 0 aromatic rings. The number of nitrogens with one attached hydrogen (secondary N) is 2. The molecule has 0 bridgehead atoms. The minimum Gasteiger partial charge on any atom is -0.394 e. The first-order valence-corrected chi connectivity index (χ1v) is 22.1. The molecule has 14 N–H and O–H groups in total. The van der Waals surface area contributed by atoms with Gasteiger partial charge >= 0.3 is 0 Å². The van der Waals surface area contributed by atoms with Crippen LogP contribution in [0.3, 0.4) is 0 Å². The molecular weight excluding hydrogens is 786 g/mol. The Hall–Kier alpha value is -2.07. The summed E-state index contributed by atoms with van der Waals surface area (Å²) >= 11 is 0. The van der Waals surface area contributed by atoms with Crippen LogP contribution in [0.15, 0.2) is 0 Å². The van der Waals surface area contributed by atoms with E-state index in [1.165, 1.54) is 0 Å². The number of fused-ring (bicyclic) bond motifs is 5. The number of amides is 3. The van der Waals surface area contributed by atoms with Gasteiger partial charge in [-0.2, -0.15) is 0 Å². The topological polar surface area (TPSA) is 321 Å². The number of nitrogens with zero attached hydrogens (tertiary/aromatic N) is 1. The first-order chi connectivity index (χ1) is 28.2. The molecule has 4 rings (SSSR count). The Labute approximate surface area is 353 Å². The van der Waals surface area contributed by atoms with Gasteiger partial charge in [0.1, 0.15) is 36.6 Å². The normalized spacial score (nSPS) is 34.6. The first-order valence-electron chi connectivity index (χ1n) is 22.1. The Kier molecular flexibility index (Phi) is 18.6. The predicted molar refractivity (Wildman–Crippen MR) is 215 cm³/mol. The van der Waals surface area contributed by atoms with Crippen molar-refractivity contribution in [1.82, 2.24) is 15.5 Å². The second-order valence-electron chi connectivity index (χ2n) is 18.9. The maximum Gasteiger partial charge on any atom is 0.251 e. The fraction of sp³-hybridized carbons (Fsp3) is 0.929. The fourth-order valence-electron chi connectivity index (χ4n) is 11.8. The SMILES string of the molecule is C[C@H](CCC(=O)N(CCCNC(=O)[C@H](O)[C@@H](O)[C@H](O)[C@H](O)CO)CCCNC(=O)[C@H](O)[C@@H](O)[C@H](O)[C@H](O)CO)[C@@H]1CC[C@@H]2[C@@H]3CC[C@H]4C[C@H](O)CC[C@]4(C)[C@H]3C[C@H](O)[C@@]21C. The summed E-state index contributed by atoms with van der Waals surface area (Å²) in [7, 11) is 0. The molecule has 0 heterocycles.